The van der Waals surface area contributed by atoms with Gasteiger partial charge < -0.3 is 16.0 Å². The number of carbonyl (C=O) groups is 2. The second-order valence-electron chi connectivity index (χ2n) is 6.21. The Morgan fingerprint density at radius 2 is 1.52 bits per heavy atom. The zero-order valence-electron chi connectivity index (χ0n) is 15.2. The average Bonchev–Trinajstić information content (AvgIpc) is 2.54. The average molecular weight is 339 g/mol. The van der Waals surface area contributed by atoms with Gasteiger partial charge in [0.1, 0.15) is 0 Å². The lowest BCUT2D eigenvalue weighted by molar-refractivity contribution is -0.116. The van der Waals surface area contributed by atoms with E-state index in [2.05, 4.69) is 22.0 Å². The van der Waals surface area contributed by atoms with Crippen molar-refractivity contribution < 1.29 is 9.59 Å². The number of hydrogen-bond acceptors (Lipinski definition) is 3. The van der Waals surface area contributed by atoms with Crippen molar-refractivity contribution in [2.24, 2.45) is 0 Å². The Balaban J connectivity index is 1.97. The fourth-order valence-electron chi connectivity index (χ4n) is 2.54. The van der Waals surface area contributed by atoms with E-state index in [1.165, 1.54) is 0 Å². The first-order chi connectivity index (χ1) is 11.9. The van der Waals surface area contributed by atoms with Crippen molar-refractivity contribution in [2.45, 2.75) is 34.1 Å². The van der Waals surface area contributed by atoms with E-state index in [0.717, 1.165) is 33.8 Å². The van der Waals surface area contributed by atoms with Gasteiger partial charge in [-0.25, -0.2) is 0 Å². The van der Waals surface area contributed by atoms with Crippen molar-refractivity contribution in [3.8, 4) is 0 Å². The van der Waals surface area contributed by atoms with Crippen LogP contribution in [-0.4, -0.2) is 18.4 Å². The molecule has 0 aromatic heterocycles. The number of anilines is 3. The Bertz CT molecular complexity index is 764. The van der Waals surface area contributed by atoms with Crippen molar-refractivity contribution in [1.29, 1.82) is 0 Å². The Morgan fingerprint density at radius 3 is 2.16 bits per heavy atom. The van der Waals surface area contributed by atoms with E-state index in [9.17, 15) is 9.59 Å². The highest BCUT2D eigenvalue weighted by Gasteiger charge is 2.06. The quantitative estimate of drug-likeness (QED) is 0.745. The molecule has 3 N–H and O–H groups in total. The van der Waals surface area contributed by atoms with Crippen LogP contribution in [-0.2, 0) is 9.59 Å². The van der Waals surface area contributed by atoms with E-state index in [1.54, 1.807) is 0 Å². The lowest BCUT2D eigenvalue weighted by atomic mass is 10.1. The summed E-state index contributed by atoms with van der Waals surface area (Å²) in [5.74, 6) is -0.155. The fraction of sp³-hybridized carbons (Fsp3) is 0.300. The SMILES string of the molecule is CCC(=O)Nc1cc(NCC(=O)Nc2cc(C)cc(C)c2)ccc1C. The molecule has 2 amide bonds. The molecule has 2 rings (SSSR count). The molecule has 0 atom stereocenters. The monoisotopic (exact) mass is 339 g/mol. The molecule has 0 fully saturated rings. The second-order valence-corrected chi connectivity index (χ2v) is 6.21. The maximum atomic E-state index is 12.1. The molecule has 0 spiro atoms. The van der Waals surface area contributed by atoms with E-state index in [0.29, 0.717) is 6.42 Å². The largest absolute Gasteiger partial charge is 0.376 e. The summed E-state index contributed by atoms with van der Waals surface area (Å²) >= 11 is 0. The topological polar surface area (TPSA) is 70.2 Å². The van der Waals surface area contributed by atoms with Gasteiger partial charge >= 0.3 is 0 Å². The molecule has 0 heterocycles. The first kappa shape index (κ1) is 18.5. The van der Waals surface area contributed by atoms with Crippen LogP contribution in [0.3, 0.4) is 0 Å². The summed E-state index contributed by atoms with van der Waals surface area (Å²) < 4.78 is 0. The van der Waals surface area contributed by atoms with Crippen LogP contribution in [0.5, 0.6) is 0 Å². The standard InChI is InChI=1S/C20H25N3O2/c1-5-19(24)23-18-11-16(7-6-15(18)4)21-12-20(25)22-17-9-13(2)8-14(3)10-17/h6-11,21H,5,12H2,1-4H3,(H,22,25)(H,23,24). The number of aryl methyl sites for hydroxylation is 3. The van der Waals surface area contributed by atoms with E-state index in [-0.39, 0.29) is 18.4 Å². The van der Waals surface area contributed by atoms with Gasteiger partial charge in [0.2, 0.25) is 11.8 Å². The maximum absolute atomic E-state index is 12.1. The van der Waals surface area contributed by atoms with Crippen molar-refractivity contribution in [3.63, 3.8) is 0 Å². The molecule has 0 radical (unpaired) electrons. The first-order valence-corrected chi connectivity index (χ1v) is 8.40. The molecule has 5 nitrogen and oxygen atoms in total. The Hall–Kier alpha value is -2.82. The number of benzene rings is 2. The number of amides is 2. The summed E-state index contributed by atoms with van der Waals surface area (Å²) in [6, 6.07) is 11.6. The van der Waals surface area contributed by atoms with Crippen molar-refractivity contribution >= 4 is 28.9 Å². The first-order valence-electron chi connectivity index (χ1n) is 8.40. The lowest BCUT2D eigenvalue weighted by Crippen LogP contribution is -2.22. The summed E-state index contributed by atoms with van der Waals surface area (Å²) in [6.45, 7) is 7.89. The van der Waals surface area contributed by atoms with Gasteiger partial charge in [0.15, 0.2) is 0 Å². The van der Waals surface area contributed by atoms with Crippen LogP contribution in [0.4, 0.5) is 17.1 Å². The van der Waals surface area contributed by atoms with Crippen molar-refractivity contribution in [2.75, 3.05) is 22.5 Å². The minimum Gasteiger partial charge on any atom is -0.376 e. The molecule has 2 aromatic rings. The minimum atomic E-state index is -0.121. The number of rotatable bonds is 6. The molecule has 0 aliphatic heterocycles. The van der Waals surface area contributed by atoms with Gasteiger partial charge in [-0.05, 0) is 61.7 Å². The highest BCUT2D eigenvalue weighted by Crippen LogP contribution is 2.20. The zero-order valence-corrected chi connectivity index (χ0v) is 15.2. The normalized spacial score (nSPS) is 10.2. The summed E-state index contributed by atoms with van der Waals surface area (Å²) in [7, 11) is 0. The summed E-state index contributed by atoms with van der Waals surface area (Å²) in [5.41, 5.74) is 5.53. The molecule has 5 heteroatoms. The summed E-state index contributed by atoms with van der Waals surface area (Å²) in [4.78, 5) is 23.7. The minimum absolute atomic E-state index is 0.0344. The molecular formula is C20H25N3O2. The molecule has 25 heavy (non-hydrogen) atoms. The molecule has 132 valence electrons. The molecule has 0 saturated heterocycles. The summed E-state index contributed by atoms with van der Waals surface area (Å²) in [6.07, 6.45) is 0.426. The molecular weight excluding hydrogens is 314 g/mol. The summed E-state index contributed by atoms with van der Waals surface area (Å²) in [5, 5.41) is 8.84. The Labute approximate surface area is 148 Å². The molecule has 0 aliphatic rings. The van der Waals surface area contributed by atoms with Crippen LogP contribution in [0.25, 0.3) is 0 Å². The fourth-order valence-corrected chi connectivity index (χ4v) is 2.54. The van der Waals surface area contributed by atoms with Gasteiger partial charge in [-0.3, -0.25) is 9.59 Å². The molecule has 0 saturated carbocycles. The van der Waals surface area contributed by atoms with Gasteiger partial charge in [-0.1, -0.05) is 19.1 Å². The third-order valence-electron chi connectivity index (χ3n) is 3.79. The van der Waals surface area contributed by atoms with Crippen LogP contribution in [0.1, 0.15) is 30.0 Å². The molecule has 0 unspecified atom stereocenters. The van der Waals surface area contributed by atoms with Gasteiger partial charge in [0, 0.05) is 23.5 Å². The molecule has 0 aliphatic carbocycles. The van der Waals surface area contributed by atoms with Gasteiger partial charge in [0.05, 0.1) is 6.54 Å². The van der Waals surface area contributed by atoms with E-state index in [1.807, 2.05) is 58.0 Å². The predicted octanol–water partition coefficient (Wildman–Crippen LogP) is 4.01. The number of hydrogen-bond donors (Lipinski definition) is 3. The van der Waals surface area contributed by atoms with E-state index in [4.69, 9.17) is 0 Å². The number of carbonyl (C=O) groups excluding carboxylic acids is 2. The third kappa shape index (κ3) is 5.64. The van der Waals surface area contributed by atoms with Crippen molar-refractivity contribution in [1.82, 2.24) is 0 Å². The third-order valence-corrected chi connectivity index (χ3v) is 3.79. The van der Waals surface area contributed by atoms with Gasteiger partial charge in [0.25, 0.3) is 0 Å². The van der Waals surface area contributed by atoms with Crippen LogP contribution >= 0.6 is 0 Å². The van der Waals surface area contributed by atoms with Crippen molar-refractivity contribution in [3.05, 3.63) is 53.1 Å². The Morgan fingerprint density at radius 1 is 0.840 bits per heavy atom. The van der Waals surface area contributed by atoms with E-state index < -0.39 is 0 Å². The van der Waals surface area contributed by atoms with Crippen LogP contribution in [0, 0.1) is 20.8 Å². The zero-order chi connectivity index (χ0) is 18.4. The molecule has 2 aromatic carbocycles. The van der Waals surface area contributed by atoms with E-state index >= 15 is 0 Å². The lowest BCUT2D eigenvalue weighted by Gasteiger charge is -2.12. The van der Waals surface area contributed by atoms with Gasteiger partial charge in [-0.15, -0.1) is 0 Å². The second kappa shape index (κ2) is 8.33. The van der Waals surface area contributed by atoms with Crippen LogP contribution in [0.2, 0.25) is 0 Å². The molecule has 0 bridgehead atoms. The maximum Gasteiger partial charge on any atom is 0.243 e. The van der Waals surface area contributed by atoms with Gasteiger partial charge in [-0.2, -0.15) is 0 Å². The van der Waals surface area contributed by atoms with Crippen LogP contribution in [0.15, 0.2) is 36.4 Å². The smallest absolute Gasteiger partial charge is 0.243 e. The highest BCUT2D eigenvalue weighted by molar-refractivity contribution is 5.94. The number of nitrogens with one attached hydrogen (secondary N) is 3. The van der Waals surface area contributed by atoms with Crippen LogP contribution < -0.4 is 16.0 Å². The Kier molecular flexibility index (Phi) is 6.17. The predicted molar refractivity (Wildman–Crippen MR) is 103 cm³/mol. The highest BCUT2D eigenvalue weighted by atomic mass is 16.2.